The highest BCUT2D eigenvalue weighted by atomic mass is 32.2. The first-order chi connectivity index (χ1) is 11.4. The summed E-state index contributed by atoms with van der Waals surface area (Å²) in [5.74, 6) is 0.156. The van der Waals surface area contributed by atoms with Crippen molar-refractivity contribution in [3.8, 4) is 11.5 Å². The van der Waals surface area contributed by atoms with E-state index in [1.165, 1.54) is 4.90 Å². The standard InChI is InChI=1S/C16H18N4O3S/c1-9-6-10(2)8-12(7-9)13-18-19-16(23-13)24-11(3)14(21)20-5-4-17-15(20)22/h6-8,11H,4-5H2,1-3H3,(H,17,22)/t11-/m0/s1. The van der Waals surface area contributed by atoms with Gasteiger partial charge in [-0.25, -0.2) is 4.79 Å². The highest BCUT2D eigenvalue weighted by Gasteiger charge is 2.31. The molecule has 2 heterocycles. The number of urea groups is 1. The fourth-order valence-electron chi connectivity index (χ4n) is 2.58. The Balaban J connectivity index is 1.71. The molecule has 0 saturated carbocycles. The average molecular weight is 346 g/mol. The van der Waals surface area contributed by atoms with E-state index in [0.717, 1.165) is 28.5 Å². The van der Waals surface area contributed by atoms with Gasteiger partial charge in [0.25, 0.3) is 5.22 Å². The summed E-state index contributed by atoms with van der Waals surface area (Å²) in [6.07, 6.45) is 0. The SMILES string of the molecule is Cc1cc(C)cc(-c2nnc(S[C@@H](C)C(=O)N3CCNC3=O)o2)c1. The lowest BCUT2D eigenvalue weighted by atomic mass is 10.1. The molecule has 1 aliphatic heterocycles. The lowest BCUT2D eigenvalue weighted by Crippen LogP contribution is -2.38. The van der Waals surface area contributed by atoms with Gasteiger partial charge in [0.1, 0.15) is 0 Å². The summed E-state index contributed by atoms with van der Waals surface area (Å²) in [7, 11) is 0. The third-order valence-electron chi connectivity index (χ3n) is 3.62. The summed E-state index contributed by atoms with van der Waals surface area (Å²) < 4.78 is 5.66. The highest BCUT2D eigenvalue weighted by molar-refractivity contribution is 8.00. The number of carbonyl (C=O) groups is 2. The molecule has 0 unspecified atom stereocenters. The van der Waals surface area contributed by atoms with Crippen molar-refractivity contribution in [2.75, 3.05) is 13.1 Å². The highest BCUT2D eigenvalue weighted by Crippen LogP contribution is 2.28. The molecule has 1 atom stereocenters. The second-order valence-electron chi connectivity index (χ2n) is 5.73. The molecule has 0 bridgehead atoms. The summed E-state index contributed by atoms with van der Waals surface area (Å²) in [4.78, 5) is 25.0. The number of thioether (sulfide) groups is 1. The van der Waals surface area contributed by atoms with E-state index in [1.54, 1.807) is 6.92 Å². The maximum atomic E-state index is 12.3. The molecule has 1 aromatic heterocycles. The number of imide groups is 1. The maximum Gasteiger partial charge on any atom is 0.324 e. The molecular weight excluding hydrogens is 328 g/mol. The molecule has 7 nitrogen and oxygen atoms in total. The molecule has 24 heavy (non-hydrogen) atoms. The van der Waals surface area contributed by atoms with Crippen LogP contribution in [0.25, 0.3) is 11.5 Å². The van der Waals surface area contributed by atoms with Crippen molar-refractivity contribution < 1.29 is 14.0 Å². The van der Waals surface area contributed by atoms with E-state index in [2.05, 4.69) is 21.6 Å². The molecular formula is C16H18N4O3S. The number of rotatable bonds is 4. The van der Waals surface area contributed by atoms with Crippen LogP contribution >= 0.6 is 11.8 Å². The molecule has 1 fully saturated rings. The molecule has 0 spiro atoms. The van der Waals surface area contributed by atoms with Gasteiger partial charge in [0, 0.05) is 18.7 Å². The van der Waals surface area contributed by atoms with Crippen molar-refractivity contribution in [2.24, 2.45) is 0 Å². The van der Waals surface area contributed by atoms with Crippen LogP contribution < -0.4 is 5.32 Å². The van der Waals surface area contributed by atoms with Gasteiger partial charge in [0.2, 0.25) is 11.8 Å². The van der Waals surface area contributed by atoms with Crippen LogP contribution in [0, 0.1) is 13.8 Å². The van der Waals surface area contributed by atoms with Crippen molar-refractivity contribution in [3.63, 3.8) is 0 Å². The molecule has 0 radical (unpaired) electrons. The zero-order valence-corrected chi connectivity index (χ0v) is 14.5. The minimum Gasteiger partial charge on any atom is -0.411 e. The molecule has 8 heteroatoms. The van der Waals surface area contributed by atoms with Crippen LogP contribution in [0.3, 0.4) is 0 Å². The van der Waals surface area contributed by atoms with Gasteiger partial charge in [-0.3, -0.25) is 9.69 Å². The van der Waals surface area contributed by atoms with E-state index in [0.29, 0.717) is 24.2 Å². The third-order valence-corrected chi connectivity index (χ3v) is 4.55. The third kappa shape index (κ3) is 3.43. The molecule has 2 aromatic rings. The van der Waals surface area contributed by atoms with Gasteiger partial charge in [0.05, 0.1) is 5.25 Å². The van der Waals surface area contributed by atoms with Crippen LogP contribution in [0.5, 0.6) is 0 Å². The van der Waals surface area contributed by atoms with Crippen molar-refractivity contribution in [2.45, 2.75) is 31.2 Å². The van der Waals surface area contributed by atoms with Gasteiger partial charge in [0.15, 0.2) is 0 Å². The first-order valence-electron chi connectivity index (χ1n) is 7.62. The van der Waals surface area contributed by atoms with E-state index in [1.807, 2.05) is 26.0 Å². The molecule has 0 aliphatic carbocycles. The van der Waals surface area contributed by atoms with Gasteiger partial charge in [-0.2, -0.15) is 0 Å². The number of hydrogen-bond donors (Lipinski definition) is 1. The van der Waals surface area contributed by atoms with Crippen molar-refractivity contribution >= 4 is 23.7 Å². The number of carbonyl (C=O) groups excluding carboxylic acids is 2. The smallest absolute Gasteiger partial charge is 0.324 e. The zero-order valence-electron chi connectivity index (χ0n) is 13.7. The Morgan fingerprint density at radius 3 is 2.62 bits per heavy atom. The first kappa shape index (κ1) is 16.5. The van der Waals surface area contributed by atoms with Gasteiger partial charge < -0.3 is 9.73 Å². The largest absolute Gasteiger partial charge is 0.411 e. The van der Waals surface area contributed by atoms with E-state index >= 15 is 0 Å². The number of aromatic nitrogens is 2. The minimum atomic E-state index is -0.485. The van der Waals surface area contributed by atoms with Crippen LogP contribution in [-0.4, -0.2) is 45.4 Å². The normalized spacial score (nSPS) is 15.5. The predicted molar refractivity (Wildman–Crippen MR) is 89.6 cm³/mol. The Morgan fingerprint density at radius 2 is 2.00 bits per heavy atom. The van der Waals surface area contributed by atoms with Crippen LogP contribution in [0.15, 0.2) is 27.8 Å². The number of aryl methyl sites for hydroxylation is 2. The van der Waals surface area contributed by atoms with E-state index in [4.69, 9.17) is 4.42 Å². The Labute approximate surface area is 143 Å². The topological polar surface area (TPSA) is 88.3 Å². The summed E-state index contributed by atoms with van der Waals surface area (Å²) in [5, 5.41) is 10.5. The zero-order chi connectivity index (χ0) is 17.3. The average Bonchev–Trinajstić information content (AvgIpc) is 3.14. The minimum absolute atomic E-state index is 0.263. The van der Waals surface area contributed by atoms with Gasteiger partial charge in [-0.15, -0.1) is 10.2 Å². The number of benzene rings is 1. The summed E-state index contributed by atoms with van der Waals surface area (Å²) in [5.41, 5.74) is 3.08. The quantitative estimate of drug-likeness (QED) is 0.855. The van der Waals surface area contributed by atoms with Crippen LogP contribution in [0.1, 0.15) is 18.1 Å². The van der Waals surface area contributed by atoms with Gasteiger partial charge >= 0.3 is 6.03 Å². The van der Waals surface area contributed by atoms with E-state index in [9.17, 15) is 9.59 Å². The fraction of sp³-hybridized carbons (Fsp3) is 0.375. The van der Waals surface area contributed by atoms with E-state index < -0.39 is 5.25 Å². The molecule has 1 aromatic carbocycles. The molecule has 1 aliphatic rings. The predicted octanol–water partition coefficient (Wildman–Crippen LogP) is 2.39. The van der Waals surface area contributed by atoms with E-state index in [-0.39, 0.29) is 11.9 Å². The van der Waals surface area contributed by atoms with Crippen LogP contribution in [0.4, 0.5) is 4.79 Å². The number of nitrogens with zero attached hydrogens (tertiary/aromatic N) is 3. The van der Waals surface area contributed by atoms with Crippen LogP contribution in [0.2, 0.25) is 0 Å². The van der Waals surface area contributed by atoms with Crippen LogP contribution in [-0.2, 0) is 4.79 Å². The summed E-state index contributed by atoms with van der Waals surface area (Å²) >= 11 is 1.15. The summed E-state index contributed by atoms with van der Waals surface area (Å²) in [6.45, 7) is 6.60. The monoisotopic (exact) mass is 346 g/mol. The molecule has 1 N–H and O–H groups in total. The van der Waals surface area contributed by atoms with Crippen molar-refractivity contribution in [3.05, 3.63) is 29.3 Å². The number of hydrogen-bond acceptors (Lipinski definition) is 6. The lowest BCUT2D eigenvalue weighted by molar-refractivity contribution is -0.126. The first-order valence-corrected chi connectivity index (χ1v) is 8.50. The number of amides is 3. The molecule has 3 amide bonds. The lowest BCUT2D eigenvalue weighted by Gasteiger charge is -2.15. The Morgan fingerprint density at radius 1 is 1.29 bits per heavy atom. The Hall–Kier alpha value is -2.35. The molecule has 3 rings (SSSR count). The second kappa shape index (κ2) is 6.64. The van der Waals surface area contributed by atoms with Crippen molar-refractivity contribution in [1.29, 1.82) is 0 Å². The second-order valence-corrected chi connectivity index (χ2v) is 7.02. The molecule has 1 saturated heterocycles. The molecule has 126 valence electrons. The fourth-order valence-corrected chi connectivity index (χ4v) is 3.32. The summed E-state index contributed by atoms with van der Waals surface area (Å²) in [6, 6.07) is 5.65. The van der Waals surface area contributed by atoms with Crippen molar-refractivity contribution in [1.82, 2.24) is 20.4 Å². The maximum absolute atomic E-state index is 12.3. The van der Waals surface area contributed by atoms with Gasteiger partial charge in [-0.1, -0.05) is 29.0 Å². The Bertz CT molecular complexity index is 769. The number of nitrogens with one attached hydrogen (secondary N) is 1. The van der Waals surface area contributed by atoms with Gasteiger partial charge in [-0.05, 0) is 32.9 Å². The Kier molecular flexibility index (Phi) is 4.57.